The van der Waals surface area contributed by atoms with Crippen molar-refractivity contribution in [2.24, 2.45) is 4.99 Å². The first kappa shape index (κ1) is 26.8. The van der Waals surface area contributed by atoms with Gasteiger partial charge in [-0.15, -0.1) is 24.0 Å². The standard InChI is InChI=1S/C21H33N5O4.HI/c1-5-22-20(25-10-12-26(13-11-25)21(28)29-6-2)23-15-17-8-7-9-18(14-17)30-16-19(27)24(3)4;/h7-9,14H,5-6,10-13,15-16H2,1-4H3,(H,22,23);1H. The Bertz CT molecular complexity index is 736. The van der Waals surface area contributed by atoms with Gasteiger partial charge in [0.05, 0.1) is 13.2 Å². The maximum atomic E-state index is 11.9. The number of hydrogen-bond donors (Lipinski definition) is 1. The fourth-order valence-corrected chi connectivity index (χ4v) is 2.92. The van der Waals surface area contributed by atoms with Crippen molar-refractivity contribution < 1.29 is 19.1 Å². The minimum absolute atomic E-state index is 0. The third-order valence-electron chi connectivity index (χ3n) is 4.61. The van der Waals surface area contributed by atoms with E-state index in [9.17, 15) is 9.59 Å². The van der Waals surface area contributed by atoms with Crippen molar-refractivity contribution in [1.29, 1.82) is 0 Å². The lowest BCUT2D eigenvalue weighted by Crippen LogP contribution is -2.53. The van der Waals surface area contributed by atoms with E-state index in [1.165, 1.54) is 4.90 Å². The summed E-state index contributed by atoms with van der Waals surface area (Å²) in [6.07, 6.45) is -0.261. The van der Waals surface area contributed by atoms with Crippen LogP contribution in [0.25, 0.3) is 0 Å². The molecule has 2 amide bonds. The monoisotopic (exact) mass is 547 g/mol. The Hall–Kier alpha value is -2.24. The van der Waals surface area contributed by atoms with E-state index in [1.807, 2.05) is 38.1 Å². The van der Waals surface area contributed by atoms with E-state index in [0.29, 0.717) is 45.1 Å². The molecule has 0 atom stereocenters. The van der Waals surface area contributed by atoms with Crippen molar-refractivity contribution in [2.45, 2.75) is 20.4 Å². The van der Waals surface area contributed by atoms with Crippen LogP contribution in [0.1, 0.15) is 19.4 Å². The van der Waals surface area contributed by atoms with Gasteiger partial charge in [0.25, 0.3) is 5.91 Å². The number of amides is 2. The van der Waals surface area contributed by atoms with Crippen LogP contribution in [0.15, 0.2) is 29.3 Å². The Morgan fingerprint density at radius 3 is 2.42 bits per heavy atom. The van der Waals surface area contributed by atoms with Gasteiger partial charge in [-0.05, 0) is 31.5 Å². The second-order valence-corrected chi connectivity index (χ2v) is 7.07. The Kier molecular flexibility index (Phi) is 12.1. The molecule has 0 spiro atoms. The zero-order chi connectivity index (χ0) is 21.9. The summed E-state index contributed by atoms with van der Waals surface area (Å²) in [5.41, 5.74) is 0.991. The quantitative estimate of drug-likeness (QED) is 0.320. The molecular formula is C21H34IN5O4. The highest BCUT2D eigenvalue weighted by molar-refractivity contribution is 14.0. The van der Waals surface area contributed by atoms with E-state index in [1.54, 1.807) is 19.0 Å². The van der Waals surface area contributed by atoms with E-state index < -0.39 is 0 Å². The second-order valence-electron chi connectivity index (χ2n) is 7.07. The van der Waals surface area contributed by atoms with Crippen LogP contribution in [0.2, 0.25) is 0 Å². The first-order valence-corrected chi connectivity index (χ1v) is 10.3. The van der Waals surface area contributed by atoms with E-state index in [4.69, 9.17) is 14.5 Å². The summed E-state index contributed by atoms with van der Waals surface area (Å²) in [5.74, 6) is 1.37. The van der Waals surface area contributed by atoms with Gasteiger partial charge in [0, 0.05) is 46.8 Å². The summed E-state index contributed by atoms with van der Waals surface area (Å²) in [5, 5.41) is 3.32. The molecule has 174 valence electrons. The van der Waals surface area contributed by atoms with Crippen LogP contribution in [0, 0.1) is 0 Å². The summed E-state index contributed by atoms with van der Waals surface area (Å²) in [6, 6.07) is 7.60. The molecule has 0 radical (unpaired) electrons. The molecule has 0 aromatic heterocycles. The molecule has 9 nitrogen and oxygen atoms in total. The largest absolute Gasteiger partial charge is 0.484 e. The second kappa shape index (κ2) is 13.9. The Balaban J connectivity index is 0.00000480. The number of carbonyl (C=O) groups excluding carboxylic acids is 2. The molecule has 1 saturated heterocycles. The minimum Gasteiger partial charge on any atom is -0.484 e. The van der Waals surface area contributed by atoms with Gasteiger partial charge in [-0.2, -0.15) is 0 Å². The van der Waals surface area contributed by atoms with Crippen molar-refractivity contribution in [3.8, 4) is 5.75 Å². The van der Waals surface area contributed by atoms with Crippen LogP contribution >= 0.6 is 24.0 Å². The number of aliphatic imine (C=N–C) groups is 1. The molecule has 1 N–H and O–H groups in total. The number of likely N-dealkylation sites (N-methyl/N-ethyl adjacent to an activating group) is 1. The van der Waals surface area contributed by atoms with E-state index in [2.05, 4.69) is 10.2 Å². The summed E-state index contributed by atoms with van der Waals surface area (Å²) in [4.78, 5) is 33.7. The van der Waals surface area contributed by atoms with Crippen LogP contribution in [-0.2, 0) is 16.1 Å². The third-order valence-corrected chi connectivity index (χ3v) is 4.61. The lowest BCUT2D eigenvalue weighted by molar-refractivity contribution is -0.130. The number of nitrogens with zero attached hydrogens (tertiary/aromatic N) is 4. The number of benzene rings is 1. The molecule has 0 unspecified atom stereocenters. The number of guanidine groups is 1. The molecule has 1 aromatic rings. The van der Waals surface area contributed by atoms with Crippen molar-refractivity contribution in [1.82, 2.24) is 20.0 Å². The highest BCUT2D eigenvalue weighted by Crippen LogP contribution is 2.14. The number of ether oxygens (including phenoxy) is 2. The zero-order valence-electron chi connectivity index (χ0n) is 18.8. The Labute approximate surface area is 201 Å². The first-order chi connectivity index (χ1) is 14.4. The lowest BCUT2D eigenvalue weighted by Gasteiger charge is -2.35. The predicted molar refractivity (Wildman–Crippen MR) is 131 cm³/mol. The summed E-state index contributed by atoms with van der Waals surface area (Å²) >= 11 is 0. The van der Waals surface area contributed by atoms with Crippen molar-refractivity contribution >= 4 is 41.9 Å². The van der Waals surface area contributed by atoms with Crippen LogP contribution in [-0.4, -0.2) is 92.7 Å². The number of halogens is 1. The van der Waals surface area contributed by atoms with Gasteiger partial charge in [-0.25, -0.2) is 9.79 Å². The van der Waals surface area contributed by atoms with Crippen molar-refractivity contribution in [2.75, 3.05) is 60.0 Å². The SMILES string of the molecule is CCNC(=NCc1cccc(OCC(=O)N(C)C)c1)N1CCN(C(=O)OCC)CC1.I. The molecule has 1 fully saturated rings. The molecule has 0 bridgehead atoms. The highest BCUT2D eigenvalue weighted by atomic mass is 127. The molecule has 1 aromatic carbocycles. The maximum Gasteiger partial charge on any atom is 0.409 e. The number of hydrogen-bond acceptors (Lipinski definition) is 5. The average Bonchev–Trinajstić information content (AvgIpc) is 2.75. The zero-order valence-corrected chi connectivity index (χ0v) is 21.1. The molecule has 0 saturated carbocycles. The number of nitrogens with one attached hydrogen (secondary N) is 1. The van der Waals surface area contributed by atoms with Gasteiger partial charge >= 0.3 is 6.09 Å². The van der Waals surface area contributed by atoms with Crippen LogP contribution in [0.5, 0.6) is 5.75 Å². The van der Waals surface area contributed by atoms with Gasteiger partial charge < -0.3 is 29.5 Å². The number of carbonyl (C=O) groups is 2. The van der Waals surface area contributed by atoms with Gasteiger partial charge in [0.15, 0.2) is 12.6 Å². The number of piperazine rings is 1. The summed E-state index contributed by atoms with van der Waals surface area (Å²) < 4.78 is 10.7. The van der Waals surface area contributed by atoms with Crippen LogP contribution in [0.4, 0.5) is 4.79 Å². The predicted octanol–water partition coefficient (Wildman–Crippen LogP) is 2.01. The summed E-state index contributed by atoms with van der Waals surface area (Å²) in [7, 11) is 3.40. The molecule has 10 heteroatoms. The first-order valence-electron chi connectivity index (χ1n) is 10.3. The smallest absolute Gasteiger partial charge is 0.409 e. The molecule has 31 heavy (non-hydrogen) atoms. The topological polar surface area (TPSA) is 86.7 Å². The fraction of sp³-hybridized carbons (Fsp3) is 0.571. The van der Waals surface area contributed by atoms with Crippen LogP contribution in [0.3, 0.4) is 0 Å². The molecule has 1 heterocycles. The Morgan fingerprint density at radius 1 is 1.13 bits per heavy atom. The van der Waals surface area contributed by atoms with Crippen molar-refractivity contribution in [3.05, 3.63) is 29.8 Å². The Morgan fingerprint density at radius 2 is 1.81 bits per heavy atom. The molecule has 1 aliphatic heterocycles. The molecule has 0 aliphatic carbocycles. The van der Waals surface area contributed by atoms with Gasteiger partial charge in [-0.1, -0.05) is 12.1 Å². The normalized spacial score (nSPS) is 13.9. The molecule has 1 aliphatic rings. The average molecular weight is 547 g/mol. The minimum atomic E-state index is -0.261. The fourth-order valence-electron chi connectivity index (χ4n) is 2.92. The number of rotatable bonds is 7. The maximum absolute atomic E-state index is 11.9. The summed E-state index contributed by atoms with van der Waals surface area (Å²) in [6.45, 7) is 8.07. The van der Waals surface area contributed by atoms with Crippen molar-refractivity contribution in [3.63, 3.8) is 0 Å². The molecule has 2 rings (SSSR count). The van der Waals surface area contributed by atoms with E-state index >= 15 is 0 Å². The van der Waals surface area contributed by atoms with Gasteiger partial charge in [0.1, 0.15) is 5.75 Å². The third kappa shape index (κ3) is 8.80. The lowest BCUT2D eigenvalue weighted by atomic mass is 10.2. The van der Waals surface area contributed by atoms with E-state index in [0.717, 1.165) is 18.1 Å². The molecular weight excluding hydrogens is 513 g/mol. The van der Waals surface area contributed by atoms with E-state index in [-0.39, 0.29) is 42.6 Å². The van der Waals surface area contributed by atoms with Gasteiger partial charge in [0.2, 0.25) is 0 Å². The van der Waals surface area contributed by atoms with Gasteiger partial charge in [-0.3, -0.25) is 4.79 Å². The highest BCUT2D eigenvalue weighted by Gasteiger charge is 2.23. The van der Waals surface area contributed by atoms with Crippen LogP contribution < -0.4 is 10.1 Å².